The first-order valence-corrected chi connectivity index (χ1v) is 16.7. The Morgan fingerprint density at radius 1 is 0.367 bits per heavy atom. The molecular formula is C46H29N3. The minimum absolute atomic E-state index is 0.715. The Labute approximate surface area is 283 Å². The number of benzene rings is 8. The smallest absolute Gasteiger partial charge is 0.160 e. The topological polar surface area (TPSA) is 30.7 Å². The molecule has 0 radical (unpaired) electrons. The molecule has 0 N–H and O–H groups in total. The Morgan fingerprint density at radius 3 is 1.69 bits per heavy atom. The van der Waals surface area contributed by atoms with Gasteiger partial charge in [-0.2, -0.15) is 0 Å². The lowest BCUT2D eigenvalue weighted by molar-refractivity contribution is 1.18. The molecule has 0 saturated carbocycles. The number of para-hydroxylation sites is 1. The lowest BCUT2D eigenvalue weighted by Crippen LogP contribution is -1.96. The fraction of sp³-hybridized carbons (Fsp3) is 0. The van der Waals surface area contributed by atoms with Gasteiger partial charge in [0.05, 0.1) is 22.4 Å². The van der Waals surface area contributed by atoms with Crippen LogP contribution in [0.4, 0.5) is 0 Å². The molecule has 2 aromatic heterocycles. The number of aromatic nitrogens is 3. The zero-order valence-corrected chi connectivity index (χ0v) is 26.6. The summed E-state index contributed by atoms with van der Waals surface area (Å²) in [6.07, 6.45) is 0. The van der Waals surface area contributed by atoms with Crippen LogP contribution in [0.15, 0.2) is 176 Å². The van der Waals surface area contributed by atoms with Gasteiger partial charge in [-0.25, -0.2) is 9.97 Å². The predicted molar refractivity (Wildman–Crippen MR) is 205 cm³/mol. The van der Waals surface area contributed by atoms with Crippen molar-refractivity contribution in [2.24, 2.45) is 0 Å². The SMILES string of the molecule is c1ccc(-c2cc(-c3ccc4c(c3)c3c5ccccc5c5ccc6ccccc6c5c3n4-c3ccccc3)nc(-c3ccccc3)n2)cc1. The van der Waals surface area contributed by atoms with E-state index in [-0.39, 0.29) is 0 Å². The number of fused-ring (bicyclic) bond motifs is 10. The lowest BCUT2D eigenvalue weighted by atomic mass is 9.93. The second-order valence-corrected chi connectivity index (χ2v) is 12.6. The molecule has 0 aliphatic heterocycles. The molecule has 0 aliphatic carbocycles. The molecule has 10 aromatic rings. The van der Waals surface area contributed by atoms with E-state index in [4.69, 9.17) is 9.97 Å². The van der Waals surface area contributed by atoms with E-state index in [2.05, 4.69) is 156 Å². The molecule has 0 saturated heterocycles. The summed E-state index contributed by atoms with van der Waals surface area (Å²) in [6, 6.07) is 62.5. The molecule has 49 heavy (non-hydrogen) atoms. The van der Waals surface area contributed by atoms with Crippen LogP contribution < -0.4 is 0 Å². The summed E-state index contributed by atoms with van der Waals surface area (Å²) in [6.45, 7) is 0. The van der Waals surface area contributed by atoms with Crippen LogP contribution in [0.1, 0.15) is 0 Å². The number of rotatable bonds is 4. The van der Waals surface area contributed by atoms with E-state index in [0.29, 0.717) is 5.82 Å². The number of hydrogen-bond acceptors (Lipinski definition) is 2. The molecule has 3 nitrogen and oxygen atoms in total. The van der Waals surface area contributed by atoms with Gasteiger partial charge < -0.3 is 4.57 Å². The maximum atomic E-state index is 5.19. The van der Waals surface area contributed by atoms with Gasteiger partial charge in [-0.3, -0.25) is 0 Å². The van der Waals surface area contributed by atoms with Crippen molar-refractivity contribution < 1.29 is 0 Å². The summed E-state index contributed by atoms with van der Waals surface area (Å²) >= 11 is 0. The molecule has 0 fully saturated rings. The summed E-state index contributed by atoms with van der Waals surface area (Å²) < 4.78 is 2.46. The van der Waals surface area contributed by atoms with Crippen LogP contribution in [0.25, 0.3) is 93.7 Å². The third kappa shape index (κ3) is 4.37. The monoisotopic (exact) mass is 623 g/mol. The highest BCUT2D eigenvalue weighted by molar-refractivity contribution is 6.36. The Hall–Kier alpha value is -6.58. The fourth-order valence-electron chi connectivity index (χ4n) is 7.56. The molecule has 228 valence electrons. The highest BCUT2D eigenvalue weighted by atomic mass is 15.0. The van der Waals surface area contributed by atoms with Gasteiger partial charge in [0, 0.05) is 38.5 Å². The molecule has 0 atom stereocenters. The van der Waals surface area contributed by atoms with E-state index in [1.807, 2.05) is 24.3 Å². The van der Waals surface area contributed by atoms with Gasteiger partial charge in [0.15, 0.2) is 5.82 Å². The first-order chi connectivity index (χ1) is 24.3. The Morgan fingerprint density at radius 2 is 0.939 bits per heavy atom. The lowest BCUT2D eigenvalue weighted by Gasteiger charge is -2.14. The van der Waals surface area contributed by atoms with Crippen LogP contribution in [-0.4, -0.2) is 14.5 Å². The Balaban J connectivity index is 1.35. The third-order valence-corrected chi connectivity index (χ3v) is 9.76. The van der Waals surface area contributed by atoms with Crippen molar-refractivity contribution in [3.05, 3.63) is 176 Å². The second-order valence-electron chi connectivity index (χ2n) is 12.6. The van der Waals surface area contributed by atoms with Crippen LogP contribution >= 0.6 is 0 Å². The summed E-state index contributed by atoms with van der Waals surface area (Å²) in [5, 5.41) is 9.98. The Kier molecular flexibility index (Phi) is 6.18. The summed E-state index contributed by atoms with van der Waals surface area (Å²) in [5.74, 6) is 0.715. The zero-order valence-electron chi connectivity index (χ0n) is 26.6. The molecule has 2 heterocycles. The van der Waals surface area contributed by atoms with E-state index in [0.717, 1.165) is 39.3 Å². The van der Waals surface area contributed by atoms with E-state index in [1.54, 1.807) is 0 Å². The first-order valence-electron chi connectivity index (χ1n) is 16.7. The standard InChI is InChI=1S/C46H29N3/c1-4-15-31(16-5-1)40-29-41(48-46(47-40)32-17-6-2-7-18-32)33-25-27-42-39(28-33)44-37-23-13-12-22-36(37)38-26-24-30-14-10-11-21-35(30)43(38)45(44)49(42)34-19-8-3-9-20-34/h1-29H. The molecule has 0 amide bonds. The molecular weight excluding hydrogens is 595 g/mol. The van der Waals surface area contributed by atoms with E-state index in [9.17, 15) is 0 Å². The fourth-order valence-corrected chi connectivity index (χ4v) is 7.56. The van der Waals surface area contributed by atoms with Gasteiger partial charge in [0.2, 0.25) is 0 Å². The third-order valence-electron chi connectivity index (χ3n) is 9.76. The van der Waals surface area contributed by atoms with E-state index >= 15 is 0 Å². The van der Waals surface area contributed by atoms with Crippen molar-refractivity contribution in [3.63, 3.8) is 0 Å². The van der Waals surface area contributed by atoms with Crippen molar-refractivity contribution in [1.82, 2.24) is 14.5 Å². The van der Waals surface area contributed by atoms with Crippen LogP contribution in [-0.2, 0) is 0 Å². The minimum atomic E-state index is 0.715. The normalized spacial score (nSPS) is 11.7. The van der Waals surface area contributed by atoms with Gasteiger partial charge in [-0.05, 0) is 57.3 Å². The summed E-state index contributed by atoms with van der Waals surface area (Å²) in [4.78, 5) is 10.2. The number of hydrogen-bond donors (Lipinski definition) is 0. The predicted octanol–water partition coefficient (Wildman–Crippen LogP) is 12.0. The van der Waals surface area contributed by atoms with E-state index in [1.165, 1.54) is 48.6 Å². The quantitative estimate of drug-likeness (QED) is 0.183. The van der Waals surface area contributed by atoms with Crippen LogP contribution in [0.2, 0.25) is 0 Å². The average Bonchev–Trinajstić information content (AvgIpc) is 3.53. The van der Waals surface area contributed by atoms with Gasteiger partial charge >= 0.3 is 0 Å². The molecule has 0 spiro atoms. The molecule has 0 aliphatic rings. The highest BCUT2D eigenvalue weighted by Gasteiger charge is 2.21. The number of nitrogens with zero attached hydrogens (tertiary/aromatic N) is 3. The van der Waals surface area contributed by atoms with Crippen molar-refractivity contribution in [2.45, 2.75) is 0 Å². The van der Waals surface area contributed by atoms with Crippen molar-refractivity contribution >= 4 is 54.1 Å². The summed E-state index contributed by atoms with van der Waals surface area (Å²) in [7, 11) is 0. The molecule has 3 heteroatoms. The van der Waals surface area contributed by atoms with Crippen LogP contribution in [0.5, 0.6) is 0 Å². The first kappa shape index (κ1) is 27.5. The maximum Gasteiger partial charge on any atom is 0.160 e. The molecule has 0 unspecified atom stereocenters. The van der Waals surface area contributed by atoms with Gasteiger partial charge in [0.25, 0.3) is 0 Å². The Bertz CT molecular complexity index is 2800. The minimum Gasteiger partial charge on any atom is -0.309 e. The zero-order chi connectivity index (χ0) is 32.3. The van der Waals surface area contributed by atoms with Gasteiger partial charge in [0.1, 0.15) is 0 Å². The van der Waals surface area contributed by atoms with Crippen LogP contribution in [0.3, 0.4) is 0 Å². The van der Waals surface area contributed by atoms with Crippen molar-refractivity contribution in [1.29, 1.82) is 0 Å². The van der Waals surface area contributed by atoms with E-state index < -0.39 is 0 Å². The molecule has 0 bridgehead atoms. The average molecular weight is 624 g/mol. The van der Waals surface area contributed by atoms with Gasteiger partial charge in [-0.15, -0.1) is 0 Å². The molecule has 10 rings (SSSR count). The maximum absolute atomic E-state index is 5.19. The van der Waals surface area contributed by atoms with Crippen molar-refractivity contribution in [2.75, 3.05) is 0 Å². The summed E-state index contributed by atoms with van der Waals surface area (Å²) in [5.41, 5.74) is 8.43. The van der Waals surface area contributed by atoms with Crippen molar-refractivity contribution in [3.8, 4) is 39.6 Å². The largest absolute Gasteiger partial charge is 0.309 e. The highest BCUT2D eigenvalue weighted by Crippen LogP contribution is 2.45. The van der Waals surface area contributed by atoms with Crippen LogP contribution in [0, 0.1) is 0 Å². The molecule has 8 aromatic carbocycles. The van der Waals surface area contributed by atoms with Gasteiger partial charge in [-0.1, -0.05) is 146 Å². The second kappa shape index (κ2) is 11.0.